The zero-order valence-corrected chi connectivity index (χ0v) is 15.9. The fraction of sp³-hybridized carbons (Fsp3) is 1.00. The Kier molecular flexibility index (Phi) is 58.9. The predicted molar refractivity (Wildman–Crippen MR) is 102 cm³/mol. The van der Waals surface area contributed by atoms with Crippen molar-refractivity contribution in [3.05, 3.63) is 0 Å². The van der Waals surface area contributed by atoms with E-state index in [4.69, 9.17) is 0 Å². The van der Waals surface area contributed by atoms with Gasteiger partial charge in [0.15, 0.2) is 0 Å². The summed E-state index contributed by atoms with van der Waals surface area (Å²) in [5, 5.41) is 0. The Morgan fingerprint density at radius 2 is 0.476 bits per heavy atom. The van der Waals surface area contributed by atoms with E-state index in [1.54, 1.807) is 0 Å². The maximum absolute atomic E-state index is 4.50. The van der Waals surface area contributed by atoms with Crippen molar-refractivity contribution in [3.63, 3.8) is 0 Å². The van der Waals surface area contributed by atoms with Crippen LogP contribution in [0.25, 0.3) is 0 Å². The van der Waals surface area contributed by atoms with E-state index in [1.165, 1.54) is 105 Å². The van der Waals surface area contributed by atoms with Crippen LogP contribution in [0.3, 0.4) is 0 Å². The number of unbranched alkanes of at least 4 members (excludes halogenated alkanes) is 12. The molecule has 0 heterocycles. The van der Waals surface area contributed by atoms with Crippen molar-refractivity contribution in [1.29, 1.82) is 0 Å². The molecule has 0 spiro atoms. The molecule has 0 aliphatic heterocycles. The van der Waals surface area contributed by atoms with Gasteiger partial charge in [0.05, 0.1) is 0 Å². The molecule has 0 aromatic carbocycles. The Bertz CT molecular complexity index is 96.6. The topological polar surface area (TPSA) is 78.1 Å². The summed E-state index contributed by atoms with van der Waals surface area (Å²) < 4.78 is 0. The fourth-order valence-electron chi connectivity index (χ4n) is 2.09. The maximum Gasteiger partial charge on any atom is -0.0195 e. The van der Waals surface area contributed by atoms with Gasteiger partial charge in [-0.05, 0) is 21.1 Å². The molecule has 0 atom stereocenters. The molecule has 0 rings (SSSR count). The van der Waals surface area contributed by atoms with Gasteiger partial charge in [0.2, 0.25) is 0 Å². The largest absolute Gasteiger partial charge is 0.333 e. The van der Waals surface area contributed by atoms with Crippen LogP contribution in [0.5, 0.6) is 0 Å². The molecule has 0 aromatic rings. The molecule has 0 aliphatic rings. The number of rotatable bonds is 12. The second-order valence-electron chi connectivity index (χ2n) is 4.89. The van der Waals surface area contributed by atoms with E-state index in [1.807, 2.05) is 0 Å². The van der Waals surface area contributed by atoms with Crippen LogP contribution in [-0.2, 0) is 0 Å². The van der Waals surface area contributed by atoms with Crippen LogP contribution in [0.1, 0.15) is 97.3 Å². The smallest absolute Gasteiger partial charge is 0.0195 e. The van der Waals surface area contributed by atoms with Gasteiger partial charge in [0, 0.05) is 0 Å². The molecule has 0 aliphatic carbocycles. The first-order valence-electron chi connectivity index (χ1n) is 9.15. The van der Waals surface area contributed by atoms with Crippen LogP contribution >= 0.6 is 0 Å². The van der Waals surface area contributed by atoms with Crippen LogP contribution in [-0.4, -0.2) is 21.1 Å². The van der Waals surface area contributed by atoms with Crippen molar-refractivity contribution < 1.29 is 0 Å². The molecule has 3 heteroatoms. The number of nitrogens with two attached hydrogens (primary N) is 3. The molecule has 3 nitrogen and oxygen atoms in total. The lowest BCUT2D eigenvalue weighted by atomic mass is 10.1. The predicted octanol–water partition coefficient (Wildman–Crippen LogP) is 4.82. The maximum atomic E-state index is 4.50. The minimum absolute atomic E-state index is 1.37. The number of hydrogen-bond donors (Lipinski definition) is 3. The van der Waals surface area contributed by atoms with Crippen molar-refractivity contribution in [2.24, 2.45) is 17.2 Å². The molecule has 6 N–H and O–H groups in total. The van der Waals surface area contributed by atoms with Gasteiger partial charge in [-0.15, -0.1) is 0 Å². The Balaban J connectivity index is -0.000000212. The minimum atomic E-state index is 1.37. The summed E-state index contributed by atoms with van der Waals surface area (Å²) in [7, 11) is 4.50. The Labute approximate surface area is 136 Å². The highest BCUT2D eigenvalue weighted by atomic mass is 14.4. The first-order chi connectivity index (χ1) is 10.4. The first kappa shape index (κ1) is 29.0. The van der Waals surface area contributed by atoms with E-state index < -0.39 is 0 Å². The molecule has 0 saturated carbocycles. The molecule has 0 aromatic heterocycles. The zero-order valence-electron chi connectivity index (χ0n) is 15.9. The average molecular weight is 306 g/mol. The third-order valence-electron chi connectivity index (χ3n) is 3.21. The standard InChI is InChI=1S/C15H32.3CH5N/c1-3-5-7-9-11-13-15-14-12-10-8-6-4-2;3*1-2/h3-15H2,1-2H3;3*2H2,1H3. The van der Waals surface area contributed by atoms with E-state index in [2.05, 4.69) is 31.0 Å². The third kappa shape index (κ3) is 45.0. The van der Waals surface area contributed by atoms with Gasteiger partial charge in [-0.25, -0.2) is 0 Å². The average Bonchev–Trinajstić information content (AvgIpc) is 2.58. The van der Waals surface area contributed by atoms with E-state index in [9.17, 15) is 0 Å². The number of hydrogen-bond acceptors (Lipinski definition) is 3. The third-order valence-corrected chi connectivity index (χ3v) is 3.21. The highest BCUT2D eigenvalue weighted by molar-refractivity contribution is 4.47. The van der Waals surface area contributed by atoms with Gasteiger partial charge >= 0.3 is 0 Å². The summed E-state index contributed by atoms with van der Waals surface area (Å²) >= 11 is 0. The van der Waals surface area contributed by atoms with Crippen LogP contribution in [0.15, 0.2) is 0 Å². The first-order valence-corrected chi connectivity index (χ1v) is 9.15. The second-order valence-corrected chi connectivity index (χ2v) is 4.89. The molecule has 0 saturated heterocycles. The summed E-state index contributed by atoms with van der Waals surface area (Å²) in [6, 6.07) is 0. The molecular weight excluding hydrogens is 258 g/mol. The van der Waals surface area contributed by atoms with Gasteiger partial charge in [0.1, 0.15) is 0 Å². The van der Waals surface area contributed by atoms with E-state index >= 15 is 0 Å². The summed E-state index contributed by atoms with van der Waals surface area (Å²) in [6.45, 7) is 4.58. The monoisotopic (exact) mass is 305 g/mol. The zero-order chi connectivity index (χ0) is 17.2. The highest BCUT2D eigenvalue weighted by Crippen LogP contribution is 2.12. The molecule has 0 fully saturated rings. The summed E-state index contributed by atoms with van der Waals surface area (Å²) in [5.74, 6) is 0. The van der Waals surface area contributed by atoms with Crippen LogP contribution < -0.4 is 17.2 Å². The summed E-state index contributed by atoms with van der Waals surface area (Å²) in [6.07, 6.45) is 18.9. The quantitative estimate of drug-likeness (QED) is 0.452. The summed E-state index contributed by atoms with van der Waals surface area (Å²) in [4.78, 5) is 0. The van der Waals surface area contributed by atoms with Gasteiger partial charge in [-0.2, -0.15) is 0 Å². The summed E-state index contributed by atoms with van der Waals surface area (Å²) in [5.41, 5.74) is 13.5. The molecule has 0 unspecified atom stereocenters. The van der Waals surface area contributed by atoms with Crippen molar-refractivity contribution in [1.82, 2.24) is 0 Å². The van der Waals surface area contributed by atoms with Gasteiger partial charge < -0.3 is 17.2 Å². The van der Waals surface area contributed by atoms with E-state index in [0.717, 1.165) is 0 Å². The van der Waals surface area contributed by atoms with E-state index in [-0.39, 0.29) is 0 Å². The lowest BCUT2D eigenvalue weighted by Gasteiger charge is -2.01. The van der Waals surface area contributed by atoms with Crippen LogP contribution in [0.4, 0.5) is 0 Å². The molecular formula is C18H47N3. The van der Waals surface area contributed by atoms with Crippen LogP contribution in [0, 0.1) is 0 Å². The fourth-order valence-corrected chi connectivity index (χ4v) is 2.09. The molecule has 0 radical (unpaired) electrons. The molecule has 21 heavy (non-hydrogen) atoms. The Morgan fingerprint density at radius 1 is 0.333 bits per heavy atom. The highest BCUT2D eigenvalue weighted by Gasteiger charge is 1.92. The Morgan fingerprint density at radius 3 is 0.619 bits per heavy atom. The normalized spacial score (nSPS) is 8.57. The molecule has 0 amide bonds. The second kappa shape index (κ2) is 42.7. The molecule has 0 bridgehead atoms. The van der Waals surface area contributed by atoms with Crippen molar-refractivity contribution in [2.45, 2.75) is 97.3 Å². The van der Waals surface area contributed by atoms with Crippen molar-refractivity contribution in [3.8, 4) is 0 Å². The van der Waals surface area contributed by atoms with Crippen molar-refractivity contribution >= 4 is 0 Å². The lowest BCUT2D eigenvalue weighted by molar-refractivity contribution is 0.542. The minimum Gasteiger partial charge on any atom is -0.333 e. The van der Waals surface area contributed by atoms with Gasteiger partial charge in [0.25, 0.3) is 0 Å². The van der Waals surface area contributed by atoms with Gasteiger partial charge in [-0.3, -0.25) is 0 Å². The SMILES string of the molecule is CCCCCCCCCCCCCCC.CN.CN.CN. The molecule has 134 valence electrons. The van der Waals surface area contributed by atoms with Gasteiger partial charge in [-0.1, -0.05) is 97.3 Å². The van der Waals surface area contributed by atoms with E-state index in [0.29, 0.717) is 0 Å². The Hall–Kier alpha value is -0.120. The lowest BCUT2D eigenvalue weighted by Crippen LogP contribution is -1.82. The van der Waals surface area contributed by atoms with Crippen LogP contribution in [0.2, 0.25) is 0 Å². The van der Waals surface area contributed by atoms with Crippen molar-refractivity contribution in [2.75, 3.05) is 21.1 Å².